The van der Waals surface area contributed by atoms with E-state index in [-0.39, 0.29) is 30.3 Å². The zero-order valence-corrected chi connectivity index (χ0v) is 9.31. The molecule has 0 spiro atoms. The Hall–Kier alpha value is -1.65. The molecule has 1 heterocycles. The van der Waals surface area contributed by atoms with Gasteiger partial charge in [-0.25, -0.2) is 0 Å². The van der Waals surface area contributed by atoms with E-state index in [0.29, 0.717) is 6.54 Å². The van der Waals surface area contributed by atoms with E-state index < -0.39 is 0 Å². The molecule has 0 aromatic carbocycles. The van der Waals surface area contributed by atoms with Crippen molar-refractivity contribution in [3.05, 3.63) is 12.7 Å². The van der Waals surface area contributed by atoms with Crippen LogP contribution in [0.15, 0.2) is 12.7 Å². The van der Waals surface area contributed by atoms with Gasteiger partial charge in [0.05, 0.1) is 12.6 Å². The van der Waals surface area contributed by atoms with Gasteiger partial charge in [-0.3, -0.25) is 9.59 Å². The minimum absolute atomic E-state index is 0.0814. The van der Waals surface area contributed by atoms with Gasteiger partial charge in [-0.2, -0.15) is 0 Å². The summed E-state index contributed by atoms with van der Waals surface area (Å²) in [7, 11) is 0. The molecule has 5 nitrogen and oxygen atoms in total. The Morgan fingerprint density at radius 1 is 1.56 bits per heavy atom. The highest BCUT2D eigenvalue weighted by atomic mass is 16.2. The smallest absolute Gasteiger partial charge is 0.243 e. The van der Waals surface area contributed by atoms with Gasteiger partial charge in [0, 0.05) is 6.54 Å². The summed E-state index contributed by atoms with van der Waals surface area (Å²) in [5.41, 5.74) is 0. The van der Waals surface area contributed by atoms with Crippen molar-refractivity contribution in [2.45, 2.75) is 19.4 Å². The monoisotopic (exact) mass is 224 g/mol. The average Bonchev–Trinajstić information content (AvgIpc) is 2.66. The third-order valence-corrected chi connectivity index (χ3v) is 2.83. The van der Waals surface area contributed by atoms with E-state index in [9.17, 15) is 14.4 Å². The fourth-order valence-corrected chi connectivity index (χ4v) is 1.80. The summed E-state index contributed by atoms with van der Waals surface area (Å²) in [6.07, 6.45) is 2.73. The summed E-state index contributed by atoms with van der Waals surface area (Å²) in [5.74, 6) is -0.420. The molecule has 0 aromatic heterocycles. The first-order valence-corrected chi connectivity index (χ1v) is 5.25. The fourth-order valence-electron chi connectivity index (χ4n) is 1.80. The van der Waals surface area contributed by atoms with Gasteiger partial charge in [-0.15, -0.1) is 0 Å². The van der Waals surface area contributed by atoms with E-state index in [2.05, 4.69) is 11.9 Å². The van der Waals surface area contributed by atoms with Crippen molar-refractivity contribution in [3.8, 4) is 0 Å². The molecule has 0 bridgehead atoms. The number of hydrogen-bond acceptors (Lipinski definition) is 3. The second kappa shape index (κ2) is 5.44. The topological polar surface area (TPSA) is 66.5 Å². The fraction of sp³-hybridized carbons (Fsp3) is 0.545. The molecule has 0 saturated carbocycles. The van der Waals surface area contributed by atoms with E-state index in [1.54, 1.807) is 0 Å². The molecule has 1 aliphatic heterocycles. The Balaban J connectivity index is 2.51. The van der Waals surface area contributed by atoms with Crippen molar-refractivity contribution in [2.75, 3.05) is 13.1 Å². The largest absolute Gasteiger partial charge is 0.343 e. The second-order valence-electron chi connectivity index (χ2n) is 3.90. The number of carbonyl (C=O) groups is 3. The van der Waals surface area contributed by atoms with Crippen molar-refractivity contribution >= 4 is 18.1 Å². The molecular weight excluding hydrogens is 208 g/mol. The lowest BCUT2D eigenvalue weighted by Crippen LogP contribution is -2.44. The highest BCUT2D eigenvalue weighted by molar-refractivity contribution is 5.91. The number of amides is 2. The lowest BCUT2D eigenvalue weighted by molar-refractivity contribution is -0.135. The number of nitrogens with zero attached hydrogens (tertiary/aromatic N) is 1. The van der Waals surface area contributed by atoms with Crippen LogP contribution in [0.25, 0.3) is 0 Å². The number of nitrogens with one attached hydrogen (secondary N) is 1. The van der Waals surface area contributed by atoms with E-state index in [0.717, 1.165) is 18.8 Å². The maximum Gasteiger partial charge on any atom is 0.243 e. The predicted octanol–water partition coefficient (Wildman–Crippen LogP) is -0.276. The van der Waals surface area contributed by atoms with Gasteiger partial charge in [0.15, 0.2) is 0 Å². The van der Waals surface area contributed by atoms with Crippen molar-refractivity contribution in [3.63, 3.8) is 0 Å². The van der Waals surface area contributed by atoms with Gasteiger partial charge >= 0.3 is 0 Å². The van der Waals surface area contributed by atoms with Crippen molar-refractivity contribution < 1.29 is 14.4 Å². The molecule has 88 valence electrons. The van der Waals surface area contributed by atoms with E-state index in [1.807, 2.05) is 6.92 Å². The minimum Gasteiger partial charge on any atom is -0.343 e. The van der Waals surface area contributed by atoms with Gasteiger partial charge in [0.1, 0.15) is 6.29 Å². The van der Waals surface area contributed by atoms with Gasteiger partial charge < -0.3 is 15.0 Å². The van der Waals surface area contributed by atoms with Gasteiger partial charge in [-0.1, -0.05) is 13.5 Å². The molecule has 1 rings (SSSR count). The van der Waals surface area contributed by atoms with Crippen LogP contribution in [0.4, 0.5) is 0 Å². The quantitative estimate of drug-likeness (QED) is 0.528. The zero-order chi connectivity index (χ0) is 12.1. The van der Waals surface area contributed by atoms with Crippen molar-refractivity contribution in [2.24, 2.45) is 5.92 Å². The standard InChI is InChI=1S/C11H16N2O3/c1-3-10(15)12-6-11(16)13-5-4-8(2)9(13)7-14/h3,7-9H,1,4-6H2,2H3,(H,12,15). The van der Waals surface area contributed by atoms with Crippen LogP contribution in [-0.2, 0) is 14.4 Å². The maximum absolute atomic E-state index is 11.7. The number of hydrogen-bond donors (Lipinski definition) is 1. The van der Waals surface area contributed by atoms with Crippen LogP contribution in [0.3, 0.4) is 0 Å². The molecule has 1 N–H and O–H groups in total. The highest BCUT2D eigenvalue weighted by Crippen LogP contribution is 2.21. The van der Waals surface area contributed by atoms with Crippen LogP contribution in [-0.4, -0.2) is 42.1 Å². The number of rotatable bonds is 4. The number of likely N-dealkylation sites (tertiary alicyclic amines) is 1. The average molecular weight is 224 g/mol. The second-order valence-corrected chi connectivity index (χ2v) is 3.90. The van der Waals surface area contributed by atoms with Crippen LogP contribution >= 0.6 is 0 Å². The van der Waals surface area contributed by atoms with Gasteiger partial charge in [0.2, 0.25) is 11.8 Å². The normalized spacial score (nSPS) is 23.9. The molecule has 5 heteroatoms. The molecule has 16 heavy (non-hydrogen) atoms. The summed E-state index contributed by atoms with van der Waals surface area (Å²) < 4.78 is 0. The Labute approximate surface area is 94.5 Å². The Morgan fingerprint density at radius 3 is 2.81 bits per heavy atom. The molecule has 1 aliphatic rings. The first-order valence-electron chi connectivity index (χ1n) is 5.25. The molecule has 0 aliphatic carbocycles. The summed E-state index contributed by atoms with van der Waals surface area (Å²) in [6.45, 7) is 5.72. The molecule has 0 radical (unpaired) electrons. The molecule has 1 fully saturated rings. The highest BCUT2D eigenvalue weighted by Gasteiger charge is 2.33. The third-order valence-electron chi connectivity index (χ3n) is 2.83. The molecule has 2 unspecified atom stereocenters. The van der Waals surface area contributed by atoms with Crippen LogP contribution in [0.5, 0.6) is 0 Å². The van der Waals surface area contributed by atoms with Crippen LogP contribution in [0.1, 0.15) is 13.3 Å². The molecule has 2 atom stereocenters. The predicted molar refractivity (Wildman–Crippen MR) is 58.6 cm³/mol. The van der Waals surface area contributed by atoms with Crippen LogP contribution in [0, 0.1) is 5.92 Å². The first-order chi connectivity index (χ1) is 7.60. The minimum atomic E-state index is -0.386. The van der Waals surface area contributed by atoms with E-state index in [4.69, 9.17) is 0 Å². The number of aldehydes is 1. The third kappa shape index (κ3) is 2.68. The van der Waals surface area contributed by atoms with Crippen molar-refractivity contribution in [1.29, 1.82) is 0 Å². The van der Waals surface area contributed by atoms with E-state index in [1.165, 1.54) is 4.90 Å². The van der Waals surface area contributed by atoms with Crippen molar-refractivity contribution in [1.82, 2.24) is 10.2 Å². The van der Waals surface area contributed by atoms with Gasteiger partial charge in [-0.05, 0) is 18.4 Å². The van der Waals surface area contributed by atoms with Gasteiger partial charge in [0.25, 0.3) is 0 Å². The number of carbonyl (C=O) groups excluding carboxylic acids is 3. The summed E-state index contributed by atoms with van der Waals surface area (Å²) in [5, 5.41) is 2.40. The molecule has 1 saturated heterocycles. The van der Waals surface area contributed by atoms with E-state index >= 15 is 0 Å². The maximum atomic E-state index is 11.7. The lowest BCUT2D eigenvalue weighted by atomic mass is 10.0. The lowest BCUT2D eigenvalue weighted by Gasteiger charge is -2.22. The molecule has 2 amide bonds. The van der Waals surface area contributed by atoms with Crippen LogP contribution < -0.4 is 5.32 Å². The Morgan fingerprint density at radius 2 is 2.25 bits per heavy atom. The molecular formula is C11H16N2O3. The summed E-state index contributed by atoms with van der Waals surface area (Å²) >= 11 is 0. The Bertz CT molecular complexity index is 314. The SMILES string of the molecule is C=CC(=O)NCC(=O)N1CCC(C)C1C=O. The summed E-state index contributed by atoms with van der Waals surface area (Å²) in [6, 6.07) is -0.354. The summed E-state index contributed by atoms with van der Waals surface area (Å²) in [4.78, 5) is 34.9. The molecule has 0 aromatic rings. The first kappa shape index (κ1) is 12.4. The Kier molecular flexibility index (Phi) is 4.22. The zero-order valence-electron chi connectivity index (χ0n) is 9.31. The van der Waals surface area contributed by atoms with Crippen LogP contribution in [0.2, 0.25) is 0 Å².